The van der Waals surface area contributed by atoms with Gasteiger partial charge in [0.05, 0.1) is 0 Å². The number of hydrogen-bond acceptors (Lipinski definition) is 2. The molecule has 0 bridgehead atoms. The van der Waals surface area contributed by atoms with E-state index >= 15 is 0 Å². The van der Waals surface area contributed by atoms with Gasteiger partial charge in [-0.25, -0.2) is 0 Å². The Morgan fingerprint density at radius 2 is 1.58 bits per heavy atom. The Morgan fingerprint density at radius 1 is 1.00 bits per heavy atom. The Kier molecular flexibility index (Phi) is 3.05. The number of nitrogens with two attached hydrogens (primary N) is 1. The van der Waals surface area contributed by atoms with Crippen LogP contribution in [0, 0.1) is 5.41 Å². The molecule has 1 aliphatic heterocycles. The molecule has 1 aliphatic rings. The molecule has 1 heterocycles. The lowest BCUT2D eigenvalue weighted by atomic mass is 10.1. The molecule has 0 amide bonds. The second kappa shape index (κ2) is 4.86. The van der Waals surface area contributed by atoms with Crippen molar-refractivity contribution in [2.45, 2.75) is 19.6 Å². The maximum Gasteiger partial charge on any atom is 0.123 e. The maximum atomic E-state index is 7.64. The molecule has 3 rings (SSSR count). The summed E-state index contributed by atoms with van der Waals surface area (Å²) in [6.07, 6.45) is 0. The standard InChI is InChI=1S/C16H17N3/c17-16(18)15-8-4-3-7-14(15)11-19-9-12-5-1-2-6-13(12)10-19/h1-8H,9-11H2,(H3,17,18). The van der Waals surface area contributed by atoms with E-state index < -0.39 is 0 Å². The molecule has 0 fully saturated rings. The summed E-state index contributed by atoms with van der Waals surface area (Å²) in [5, 5.41) is 7.64. The van der Waals surface area contributed by atoms with Gasteiger partial charge in [0.15, 0.2) is 0 Å². The van der Waals surface area contributed by atoms with E-state index in [1.165, 1.54) is 11.1 Å². The highest BCUT2D eigenvalue weighted by atomic mass is 15.1. The van der Waals surface area contributed by atoms with Crippen molar-refractivity contribution >= 4 is 5.84 Å². The molecule has 3 N–H and O–H groups in total. The number of nitrogens with zero attached hydrogens (tertiary/aromatic N) is 1. The fourth-order valence-electron chi connectivity index (χ4n) is 2.68. The van der Waals surface area contributed by atoms with Gasteiger partial charge in [0.1, 0.15) is 5.84 Å². The van der Waals surface area contributed by atoms with Crippen molar-refractivity contribution in [2.24, 2.45) is 5.73 Å². The maximum absolute atomic E-state index is 7.64. The molecule has 19 heavy (non-hydrogen) atoms. The van der Waals surface area contributed by atoms with Gasteiger partial charge in [-0.2, -0.15) is 0 Å². The second-order valence-electron chi connectivity index (χ2n) is 4.98. The molecule has 2 aromatic carbocycles. The average Bonchev–Trinajstić information content (AvgIpc) is 2.81. The van der Waals surface area contributed by atoms with Gasteiger partial charge in [-0.1, -0.05) is 48.5 Å². The smallest absolute Gasteiger partial charge is 0.123 e. The van der Waals surface area contributed by atoms with Crippen molar-refractivity contribution in [3.05, 3.63) is 70.8 Å². The fourth-order valence-corrected chi connectivity index (χ4v) is 2.68. The van der Waals surface area contributed by atoms with Crippen LogP contribution in [-0.4, -0.2) is 10.7 Å². The summed E-state index contributed by atoms with van der Waals surface area (Å²) in [5.74, 6) is 0.146. The summed E-state index contributed by atoms with van der Waals surface area (Å²) >= 11 is 0. The zero-order chi connectivity index (χ0) is 13.2. The molecular weight excluding hydrogens is 234 g/mol. The van der Waals surface area contributed by atoms with E-state index in [0.29, 0.717) is 0 Å². The van der Waals surface area contributed by atoms with Crippen LogP contribution in [0.4, 0.5) is 0 Å². The summed E-state index contributed by atoms with van der Waals surface area (Å²) in [4.78, 5) is 2.38. The number of amidine groups is 1. The van der Waals surface area contributed by atoms with Gasteiger partial charge < -0.3 is 5.73 Å². The number of hydrogen-bond donors (Lipinski definition) is 2. The highest BCUT2D eigenvalue weighted by Crippen LogP contribution is 2.24. The van der Waals surface area contributed by atoms with Crippen molar-refractivity contribution in [3.63, 3.8) is 0 Å². The third-order valence-corrected chi connectivity index (χ3v) is 3.61. The van der Waals surface area contributed by atoms with Crippen LogP contribution in [0.15, 0.2) is 48.5 Å². The molecule has 0 unspecified atom stereocenters. The van der Waals surface area contributed by atoms with Crippen molar-refractivity contribution in [2.75, 3.05) is 0 Å². The van der Waals surface area contributed by atoms with Gasteiger partial charge in [-0.05, 0) is 16.7 Å². The van der Waals surface area contributed by atoms with Crippen LogP contribution in [0.25, 0.3) is 0 Å². The van der Waals surface area contributed by atoms with E-state index in [9.17, 15) is 0 Å². The molecule has 0 aromatic heterocycles. The van der Waals surface area contributed by atoms with Crippen molar-refractivity contribution in [1.29, 1.82) is 5.41 Å². The van der Waals surface area contributed by atoms with Crippen molar-refractivity contribution in [3.8, 4) is 0 Å². The van der Waals surface area contributed by atoms with Gasteiger partial charge in [0.2, 0.25) is 0 Å². The van der Waals surface area contributed by atoms with E-state index in [0.717, 1.165) is 30.8 Å². The Morgan fingerprint density at radius 3 is 2.21 bits per heavy atom. The highest BCUT2D eigenvalue weighted by Gasteiger charge is 2.19. The molecule has 0 spiro atoms. The topological polar surface area (TPSA) is 53.1 Å². The zero-order valence-corrected chi connectivity index (χ0v) is 10.8. The van der Waals surface area contributed by atoms with Gasteiger partial charge in [-0.3, -0.25) is 10.3 Å². The fraction of sp³-hybridized carbons (Fsp3) is 0.188. The molecule has 2 aromatic rings. The van der Waals surface area contributed by atoms with Gasteiger partial charge in [0, 0.05) is 25.2 Å². The third-order valence-electron chi connectivity index (χ3n) is 3.61. The Labute approximate surface area is 113 Å². The molecule has 0 saturated heterocycles. The first-order valence-corrected chi connectivity index (χ1v) is 6.45. The number of nitrogens with one attached hydrogen (secondary N) is 1. The third kappa shape index (κ3) is 2.37. The lowest BCUT2D eigenvalue weighted by Gasteiger charge is -2.17. The van der Waals surface area contributed by atoms with Crippen LogP contribution >= 0.6 is 0 Å². The molecule has 0 atom stereocenters. The van der Waals surface area contributed by atoms with E-state index in [1.807, 2.05) is 18.2 Å². The highest BCUT2D eigenvalue weighted by molar-refractivity contribution is 5.96. The Hall–Kier alpha value is -2.13. The summed E-state index contributed by atoms with van der Waals surface area (Å²) in [6.45, 7) is 2.79. The normalized spacial score (nSPS) is 14.3. The summed E-state index contributed by atoms with van der Waals surface area (Å²) in [7, 11) is 0. The summed E-state index contributed by atoms with van der Waals surface area (Å²) in [6, 6.07) is 16.5. The summed E-state index contributed by atoms with van der Waals surface area (Å²) in [5.41, 5.74) is 10.4. The van der Waals surface area contributed by atoms with Gasteiger partial charge >= 0.3 is 0 Å². The molecule has 0 radical (unpaired) electrons. The predicted molar refractivity (Wildman–Crippen MR) is 76.9 cm³/mol. The summed E-state index contributed by atoms with van der Waals surface area (Å²) < 4.78 is 0. The Balaban J connectivity index is 1.80. The van der Waals surface area contributed by atoms with Crippen molar-refractivity contribution < 1.29 is 0 Å². The minimum Gasteiger partial charge on any atom is -0.384 e. The van der Waals surface area contributed by atoms with E-state index in [1.54, 1.807) is 0 Å². The molecule has 96 valence electrons. The number of benzene rings is 2. The van der Waals surface area contributed by atoms with Gasteiger partial charge in [-0.15, -0.1) is 0 Å². The number of fused-ring (bicyclic) bond motifs is 1. The molecular formula is C16H17N3. The van der Waals surface area contributed by atoms with Gasteiger partial charge in [0.25, 0.3) is 0 Å². The first kappa shape index (κ1) is 11.9. The number of nitrogen functional groups attached to an aromatic ring is 1. The van der Waals surface area contributed by atoms with E-state index in [-0.39, 0.29) is 5.84 Å². The minimum absolute atomic E-state index is 0.146. The van der Waals surface area contributed by atoms with Crippen LogP contribution in [0.2, 0.25) is 0 Å². The first-order chi connectivity index (χ1) is 9.24. The lowest BCUT2D eigenvalue weighted by Crippen LogP contribution is -2.20. The van der Waals surface area contributed by atoms with Crippen molar-refractivity contribution in [1.82, 2.24) is 4.90 Å². The molecule has 0 saturated carbocycles. The number of rotatable bonds is 3. The minimum atomic E-state index is 0.146. The largest absolute Gasteiger partial charge is 0.384 e. The Bertz CT molecular complexity index is 594. The molecule has 0 aliphatic carbocycles. The zero-order valence-electron chi connectivity index (χ0n) is 10.8. The molecule has 3 heteroatoms. The van der Waals surface area contributed by atoms with Crippen LogP contribution in [0.3, 0.4) is 0 Å². The van der Waals surface area contributed by atoms with Crippen LogP contribution in [0.1, 0.15) is 22.3 Å². The SMILES string of the molecule is N=C(N)c1ccccc1CN1Cc2ccccc2C1. The van der Waals surface area contributed by atoms with Crippen LogP contribution in [-0.2, 0) is 19.6 Å². The quantitative estimate of drug-likeness (QED) is 0.650. The predicted octanol–water partition coefficient (Wildman–Crippen LogP) is 2.49. The van der Waals surface area contributed by atoms with Crippen LogP contribution < -0.4 is 5.73 Å². The monoisotopic (exact) mass is 251 g/mol. The average molecular weight is 251 g/mol. The first-order valence-electron chi connectivity index (χ1n) is 6.45. The van der Waals surface area contributed by atoms with Crippen LogP contribution in [0.5, 0.6) is 0 Å². The lowest BCUT2D eigenvalue weighted by molar-refractivity contribution is 0.275. The second-order valence-corrected chi connectivity index (χ2v) is 4.98. The van der Waals surface area contributed by atoms with E-state index in [4.69, 9.17) is 11.1 Å². The van der Waals surface area contributed by atoms with E-state index in [2.05, 4.69) is 35.2 Å². The molecule has 3 nitrogen and oxygen atoms in total.